The second-order valence-electron chi connectivity index (χ2n) is 25.6. The van der Waals surface area contributed by atoms with E-state index in [2.05, 4.69) is 27.2 Å². The number of hydrogen-bond donors (Lipinski definition) is 3. The van der Waals surface area contributed by atoms with Gasteiger partial charge in [0, 0.05) is 83.5 Å². The molecule has 0 aromatic heterocycles. The average molecular weight is 1170 g/mol. The monoisotopic (exact) mass is 1170 g/mol. The summed E-state index contributed by atoms with van der Waals surface area (Å²) in [5.41, 5.74) is -2.51. The number of hydrogen-bond acceptors (Lipinski definition) is 22. The number of nitrogens with zero attached hydrogens (tertiary/aromatic N) is 3. The van der Waals surface area contributed by atoms with E-state index in [1.807, 2.05) is 69.4 Å². The van der Waals surface area contributed by atoms with Crippen molar-refractivity contribution in [3.8, 4) is 0 Å². The van der Waals surface area contributed by atoms with Crippen LogP contribution in [0.3, 0.4) is 0 Å². The molecule has 0 saturated carbocycles. The number of rotatable bonds is 18. The van der Waals surface area contributed by atoms with Crippen LogP contribution >= 0.6 is 0 Å². The van der Waals surface area contributed by atoms with Crippen LogP contribution in [-0.2, 0) is 76.1 Å². The summed E-state index contributed by atoms with van der Waals surface area (Å²) in [7, 11) is 6.32. The molecule has 82 heavy (non-hydrogen) atoms. The minimum Gasteiger partial charge on any atom is -0.461 e. The fourth-order valence-corrected chi connectivity index (χ4v) is 12.6. The zero-order chi connectivity index (χ0) is 61.1. The van der Waals surface area contributed by atoms with Crippen molar-refractivity contribution in [2.24, 2.45) is 46.6 Å². The Bertz CT molecular complexity index is 2060. The molecule has 5 aliphatic heterocycles. The number of Topliss-reactive ketones (excluding diaryl/α,β-unsaturated/α-hetero) is 1. The Morgan fingerprint density at radius 1 is 0.829 bits per heavy atom. The minimum atomic E-state index is -1.97. The summed E-state index contributed by atoms with van der Waals surface area (Å²) >= 11 is 0. The number of ether oxygens (including phenoxy) is 12. The van der Waals surface area contributed by atoms with Gasteiger partial charge in [0.05, 0.1) is 73.4 Å². The molecule has 23 nitrogen and oxygen atoms in total. The number of ketones is 1. The number of amides is 1. The van der Waals surface area contributed by atoms with Crippen LogP contribution in [-0.4, -0.2) is 227 Å². The van der Waals surface area contributed by atoms with Gasteiger partial charge in [-0.25, -0.2) is 4.79 Å². The first-order valence-corrected chi connectivity index (χ1v) is 29.8. The van der Waals surface area contributed by atoms with Crippen molar-refractivity contribution in [3.63, 3.8) is 0 Å². The third-order valence-electron chi connectivity index (χ3n) is 17.1. The third kappa shape index (κ3) is 18.4. The van der Waals surface area contributed by atoms with E-state index in [4.69, 9.17) is 61.7 Å². The van der Waals surface area contributed by atoms with Crippen LogP contribution in [0.4, 0.5) is 4.79 Å². The van der Waals surface area contributed by atoms with E-state index in [9.17, 15) is 19.8 Å². The van der Waals surface area contributed by atoms with E-state index < -0.39 is 150 Å². The van der Waals surface area contributed by atoms with Gasteiger partial charge in [0.1, 0.15) is 43.7 Å². The molecule has 23 heteroatoms. The van der Waals surface area contributed by atoms with Crippen molar-refractivity contribution < 1.29 is 91.1 Å². The van der Waals surface area contributed by atoms with Gasteiger partial charge < -0.3 is 82.1 Å². The molecule has 0 spiro atoms. The molecule has 1 unspecified atom stereocenters. The van der Waals surface area contributed by atoms with Crippen LogP contribution < -0.4 is 5.32 Å². The van der Waals surface area contributed by atoms with Crippen molar-refractivity contribution >= 4 is 29.5 Å². The molecule has 5 saturated heterocycles. The maximum absolute atomic E-state index is 16.0. The summed E-state index contributed by atoms with van der Waals surface area (Å²) in [6.45, 7) is 30.6. The zero-order valence-electron chi connectivity index (χ0n) is 52.7. The van der Waals surface area contributed by atoms with Gasteiger partial charge >= 0.3 is 18.0 Å². The van der Waals surface area contributed by atoms with Gasteiger partial charge in [0.2, 0.25) is 0 Å². The van der Waals surface area contributed by atoms with Gasteiger partial charge in [0.15, 0.2) is 30.3 Å². The summed E-state index contributed by atoms with van der Waals surface area (Å²) in [5.74, 6) is -7.39. The Morgan fingerprint density at radius 2 is 1.49 bits per heavy atom. The topological polar surface area (TPSA) is 260 Å². The van der Waals surface area contributed by atoms with E-state index in [0.717, 1.165) is 0 Å². The highest BCUT2D eigenvalue weighted by molar-refractivity contribution is 5.92. The van der Waals surface area contributed by atoms with Crippen molar-refractivity contribution in [1.29, 1.82) is 0 Å². The van der Waals surface area contributed by atoms with Crippen molar-refractivity contribution in [1.82, 2.24) is 15.1 Å². The van der Waals surface area contributed by atoms with Crippen molar-refractivity contribution in [3.05, 3.63) is 0 Å². The van der Waals surface area contributed by atoms with Gasteiger partial charge in [-0.2, -0.15) is 0 Å². The van der Waals surface area contributed by atoms with Crippen LogP contribution in [0.25, 0.3) is 0 Å². The standard InChI is InChI=1S/C59H104N4O19/c1-31(2)24-43(64)78-49-38(9)48(33(4)29-74-56-52(71-18)51(70-17)45(65)41(12)77-56)80-54(68)40(11)50(79-44-25-34(5)62(16)28-36(7)75-44)37(8)47(81-55-46(66)42(61-72-19)26-35(6)76-55)32(3)27-59(15,53(67)39(49)10)82-57(69)60-58(13,14)30-63-20-22-73-23-21-63/h31-41,44-52,55-56,65-66H,20-30H2,1-19H3,(H,60,69)/b61-42+/t32-,33-,34?,35+,36-,37+,38-,39+,40+,41+,44-,45+,46+,47-,48+,49+,50-,51+,52+,55-,56+,59-/m0/s1. The lowest BCUT2D eigenvalue weighted by Crippen LogP contribution is -2.59. The van der Waals surface area contributed by atoms with Crippen molar-refractivity contribution in [2.45, 2.75) is 233 Å². The zero-order valence-corrected chi connectivity index (χ0v) is 52.7. The van der Waals surface area contributed by atoms with Gasteiger partial charge in [-0.05, 0) is 80.7 Å². The molecular formula is C59H104N4O19. The van der Waals surface area contributed by atoms with E-state index in [1.54, 1.807) is 34.6 Å². The molecule has 1 amide bonds. The SMILES string of the molecule is CO/N=C1\C[C@@H](C)O[C@@H](O[C@@H]2[C@@H](C)[C@H](O[C@H]3CC(C)N(C)C[C@H](C)O3)[C@@H](C)C(=O)O[C@H]([C@@H](C)CO[C@@H]3O[C@H](C)[C@@H](O)[C@@H](OC)[C@H]3OC)[C@H](C)[C@@H](OC(=O)CC(C)C)[C@@H](C)C(=O)[C@@](C)(OC(=O)NC(C)(C)CN3CCOCC3)C[C@@H]2C)[C@@H]1O. The van der Waals surface area contributed by atoms with Gasteiger partial charge in [0.25, 0.3) is 0 Å². The third-order valence-corrected chi connectivity index (χ3v) is 17.1. The number of carbonyl (C=O) groups is 4. The molecule has 5 rings (SSSR count). The summed E-state index contributed by atoms with van der Waals surface area (Å²) in [5, 5.41) is 30.0. The number of oxime groups is 1. The predicted octanol–water partition coefficient (Wildman–Crippen LogP) is 5.12. The van der Waals surface area contributed by atoms with Crippen LogP contribution in [0.5, 0.6) is 0 Å². The largest absolute Gasteiger partial charge is 0.461 e. The maximum Gasteiger partial charge on any atom is 0.408 e. The molecule has 5 fully saturated rings. The second kappa shape index (κ2) is 31.0. The molecule has 22 atom stereocenters. The number of cyclic esters (lactones) is 1. The number of alkyl carbamates (subject to hydrolysis) is 1. The molecule has 3 N–H and O–H groups in total. The number of nitrogens with one attached hydrogen (secondary N) is 1. The highest BCUT2D eigenvalue weighted by Gasteiger charge is 2.53. The number of esters is 2. The Labute approximate surface area is 488 Å². The fraction of sp³-hybridized carbons (Fsp3) is 0.915. The molecule has 0 bridgehead atoms. The summed E-state index contributed by atoms with van der Waals surface area (Å²) < 4.78 is 76.4. The lowest BCUT2D eigenvalue weighted by molar-refractivity contribution is -0.305. The van der Waals surface area contributed by atoms with Gasteiger partial charge in [-0.15, -0.1) is 0 Å². The van der Waals surface area contributed by atoms with E-state index >= 15 is 9.59 Å². The Balaban J connectivity index is 1.71. The van der Waals surface area contributed by atoms with Crippen LogP contribution in [0.1, 0.15) is 130 Å². The van der Waals surface area contributed by atoms with Crippen LogP contribution in [0.15, 0.2) is 5.16 Å². The Kier molecular flexibility index (Phi) is 26.3. The highest BCUT2D eigenvalue weighted by atomic mass is 16.7. The average Bonchev–Trinajstić information content (AvgIpc) is 3.58. The molecule has 0 aliphatic carbocycles. The molecule has 0 radical (unpaired) electrons. The van der Waals surface area contributed by atoms with E-state index in [-0.39, 0.29) is 43.9 Å². The molecule has 474 valence electrons. The van der Waals surface area contributed by atoms with Gasteiger partial charge in [-0.1, -0.05) is 53.6 Å². The van der Waals surface area contributed by atoms with Crippen molar-refractivity contribution in [2.75, 3.05) is 74.4 Å². The van der Waals surface area contributed by atoms with Crippen LogP contribution in [0.2, 0.25) is 0 Å². The van der Waals surface area contributed by atoms with E-state index in [0.29, 0.717) is 51.5 Å². The quantitative estimate of drug-likeness (QED) is 0.0914. The first-order valence-electron chi connectivity index (χ1n) is 29.8. The van der Waals surface area contributed by atoms with Gasteiger partial charge in [-0.3, -0.25) is 19.3 Å². The number of carbonyl (C=O) groups excluding carboxylic acids is 4. The lowest BCUT2D eigenvalue weighted by Gasteiger charge is -2.45. The second-order valence-corrected chi connectivity index (χ2v) is 25.6. The Morgan fingerprint density at radius 3 is 2.11 bits per heavy atom. The molecule has 0 aromatic rings. The minimum absolute atomic E-state index is 0.00848. The van der Waals surface area contributed by atoms with E-state index in [1.165, 1.54) is 21.3 Å². The highest BCUT2D eigenvalue weighted by Crippen LogP contribution is 2.41. The first-order chi connectivity index (χ1) is 38.4. The Hall–Kier alpha value is -3.17. The number of methoxy groups -OCH3 is 2. The molecule has 5 aliphatic rings. The lowest BCUT2D eigenvalue weighted by atomic mass is 9.74. The smallest absolute Gasteiger partial charge is 0.408 e. The molecule has 5 heterocycles. The molecular weight excluding hydrogens is 1070 g/mol. The normalized spacial score (nSPS) is 40.1. The number of aliphatic hydroxyl groups excluding tert-OH is 2. The summed E-state index contributed by atoms with van der Waals surface area (Å²) in [4.78, 5) is 69.7. The first kappa shape index (κ1) is 69.6. The van der Waals surface area contributed by atoms with Crippen LogP contribution in [0, 0.1) is 41.4 Å². The summed E-state index contributed by atoms with van der Waals surface area (Å²) in [6.07, 6.45) is -13.5. The maximum atomic E-state index is 16.0. The fourth-order valence-electron chi connectivity index (χ4n) is 12.6. The number of likely N-dealkylation sites (N-methyl/N-ethyl adjacent to an activating group) is 1. The predicted molar refractivity (Wildman–Crippen MR) is 301 cm³/mol. The number of aliphatic hydroxyl groups is 2. The summed E-state index contributed by atoms with van der Waals surface area (Å²) in [6, 6.07) is 0.0105. The number of morpholine rings is 1. The molecule has 0 aromatic carbocycles.